The van der Waals surface area contributed by atoms with Gasteiger partial charge in [-0.2, -0.15) is 0 Å². The Hall–Kier alpha value is -1.52. The summed E-state index contributed by atoms with van der Waals surface area (Å²) in [4.78, 5) is 0.976. The molecule has 98 valence electrons. The van der Waals surface area contributed by atoms with E-state index in [1.54, 1.807) is 7.11 Å². The van der Waals surface area contributed by atoms with Gasteiger partial charge in [0.05, 0.1) is 12.8 Å². The van der Waals surface area contributed by atoms with Crippen molar-refractivity contribution in [1.82, 2.24) is 0 Å². The van der Waals surface area contributed by atoms with Gasteiger partial charge in [0.25, 0.3) is 0 Å². The van der Waals surface area contributed by atoms with Crippen molar-refractivity contribution >= 4 is 28.0 Å². The fraction of sp³-hybridized carbons (Fsp3) is 0.143. The van der Waals surface area contributed by atoms with E-state index in [0.29, 0.717) is 5.02 Å². The Kier molecular flexibility index (Phi) is 3.21. The maximum atomic E-state index is 8.43. The summed E-state index contributed by atoms with van der Waals surface area (Å²) in [7, 11) is 0.952. The van der Waals surface area contributed by atoms with E-state index < -0.39 is 10.7 Å². The topological polar surface area (TPSA) is 45.1 Å². The van der Waals surface area contributed by atoms with E-state index in [1.165, 1.54) is 0 Å². The smallest absolute Gasteiger partial charge is 0.120 e. The van der Waals surface area contributed by atoms with Crippen molar-refractivity contribution in [3.8, 4) is 5.75 Å². The SMILES string of the molecule is COc1ccc2c(c1)S(=N)C(c1ccccc1Cl)N2. The van der Waals surface area contributed by atoms with Crippen LogP contribution in [0.1, 0.15) is 10.9 Å². The van der Waals surface area contributed by atoms with Crippen molar-refractivity contribution in [3.05, 3.63) is 53.1 Å². The average Bonchev–Trinajstić information content (AvgIpc) is 2.76. The fourth-order valence-electron chi connectivity index (χ4n) is 2.15. The molecule has 19 heavy (non-hydrogen) atoms. The number of rotatable bonds is 2. The van der Waals surface area contributed by atoms with Crippen LogP contribution in [0.2, 0.25) is 5.02 Å². The number of hydrogen-bond donors (Lipinski definition) is 2. The highest BCUT2D eigenvalue weighted by Crippen LogP contribution is 2.41. The molecule has 3 rings (SSSR count). The van der Waals surface area contributed by atoms with Crippen LogP contribution in [0.25, 0.3) is 0 Å². The van der Waals surface area contributed by atoms with Crippen molar-refractivity contribution in [2.45, 2.75) is 10.3 Å². The molecule has 2 N–H and O–H groups in total. The first-order valence-corrected chi connectivity index (χ1v) is 7.50. The van der Waals surface area contributed by atoms with Crippen LogP contribution in [0.15, 0.2) is 47.4 Å². The summed E-state index contributed by atoms with van der Waals surface area (Å²) >= 11 is 6.23. The molecular formula is C14H13ClN2OS. The summed E-state index contributed by atoms with van der Waals surface area (Å²) in [6.07, 6.45) is 0. The van der Waals surface area contributed by atoms with Gasteiger partial charge in [0.2, 0.25) is 0 Å². The largest absolute Gasteiger partial charge is 0.497 e. The maximum absolute atomic E-state index is 8.43. The molecule has 3 nitrogen and oxygen atoms in total. The zero-order valence-electron chi connectivity index (χ0n) is 10.3. The summed E-state index contributed by atoms with van der Waals surface area (Å²) < 4.78 is 13.6. The summed E-state index contributed by atoms with van der Waals surface area (Å²) in [5, 5.41) is 3.99. The Balaban J connectivity index is 2.02. The predicted octanol–water partition coefficient (Wildman–Crippen LogP) is 4.21. The summed E-state index contributed by atoms with van der Waals surface area (Å²) in [5.74, 6) is 0.783. The second kappa shape index (κ2) is 4.87. The maximum Gasteiger partial charge on any atom is 0.120 e. The van der Waals surface area contributed by atoms with Crippen molar-refractivity contribution < 1.29 is 4.74 Å². The van der Waals surface area contributed by atoms with Crippen molar-refractivity contribution in [3.63, 3.8) is 0 Å². The second-order valence-electron chi connectivity index (χ2n) is 4.25. The summed E-state index contributed by atoms with van der Waals surface area (Å²) in [5.41, 5.74) is 1.96. The van der Waals surface area contributed by atoms with E-state index in [2.05, 4.69) is 5.32 Å². The lowest BCUT2D eigenvalue weighted by molar-refractivity contribution is 0.414. The predicted molar refractivity (Wildman–Crippen MR) is 79.2 cm³/mol. The van der Waals surface area contributed by atoms with E-state index in [4.69, 9.17) is 21.1 Å². The normalized spacial score (nSPS) is 20.7. The highest BCUT2D eigenvalue weighted by atomic mass is 35.5. The first-order chi connectivity index (χ1) is 9.20. The van der Waals surface area contributed by atoms with Gasteiger partial charge >= 0.3 is 0 Å². The Morgan fingerprint density at radius 3 is 2.79 bits per heavy atom. The molecule has 0 amide bonds. The van der Waals surface area contributed by atoms with Gasteiger partial charge < -0.3 is 10.1 Å². The Morgan fingerprint density at radius 1 is 1.26 bits per heavy atom. The molecule has 0 fully saturated rings. The molecule has 0 aliphatic carbocycles. The fourth-order valence-corrected chi connectivity index (χ4v) is 4.03. The lowest BCUT2D eigenvalue weighted by Crippen LogP contribution is -2.08. The van der Waals surface area contributed by atoms with Gasteiger partial charge in [-0.05, 0) is 35.0 Å². The molecule has 0 radical (unpaired) electrons. The average molecular weight is 293 g/mol. The van der Waals surface area contributed by atoms with Gasteiger partial charge in [0, 0.05) is 15.5 Å². The van der Waals surface area contributed by atoms with Crippen LogP contribution in [0.5, 0.6) is 5.75 Å². The third-order valence-corrected chi connectivity index (χ3v) is 5.13. The molecular weight excluding hydrogens is 280 g/mol. The number of fused-ring (bicyclic) bond motifs is 1. The van der Waals surface area contributed by atoms with E-state index >= 15 is 0 Å². The first kappa shape index (κ1) is 12.5. The minimum atomic E-state index is -0.684. The quantitative estimate of drug-likeness (QED) is 0.871. The minimum Gasteiger partial charge on any atom is -0.497 e. The van der Waals surface area contributed by atoms with Crippen LogP contribution in [0.4, 0.5) is 5.69 Å². The van der Waals surface area contributed by atoms with Crippen LogP contribution in [0.3, 0.4) is 0 Å². The van der Waals surface area contributed by atoms with Crippen LogP contribution >= 0.6 is 11.6 Å². The van der Waals surface area contributed by atoms with Gasteiger partial charge in [0.15, 0.2) is 0 Å². The lowest BCUT2D eigenvalue weighted by atomic mass is 10.2. The lowest BCUT2D eigenvalue weighted by Gasteiger charge is -2.14. The number of halogens is 1. The second-order valence-corrected chi connectivity index (χ2v) is 6.24. The molecule has 1 aliphatic rings. The highest BCUT2D eigenvalue weighted by molar-refractivity contribution is 7.87. The van der Waals surface area contributed by atoms with Crippen molar-refractivity contribution in [2.24, 2.45) is 0 Å². The van der Waals surface area contributed by atoms with Gasteiger partial charge in [-0.3, -0.25) is 4.78 Å². The third-order valence-electron chi connectivity index (χ3n) is 3.14. The number of benzene rings is 2. The number of ether oxygens (including phenoxy) is 1. The molecule has 0 spiro atoms. The van der Waals surface area contributed by atoms with Crippen molar-refractivity contribution in [1.29, 1.82) is 4.78 Å². The Morgan fingerprint density at radius 2 is 2.05 bits per heavy atom. The van der Waals surface area contributed by atoms with Gasteiger partial charge in [-0.25, -0.2) is 0 Å². The molecule has 1 aliphatic heterocycles. The number of anilines is 1. The van der Waals surface area contributed by atoms with E-state index in [-0.39, 0.29) is 5.37 Å². The molecule has 2 unspecified atom stereocenters. The molecule has 5 heteroatoms. The molecule has 2 atom stereocenters. The van der Waals surface area contributed by atoms with Gasteiger partial charge in [-0.15, -0.1) is 0 Å². The number of nitrogens with one attached hydrogen (secondary N) is 2. The highest BCUT2D eigenvalue weighted by Gasteiger charge is 2.28. The molecule has 0 aromatic heterocycles. The molecule has 0 saturated carbocycles. The first-order valence-electron chi connectivity index (χ1n) is 5.84. The van der Waals surface area contributed by atoms with E-state index in [9.17, 15) is 0 Å². The van der Waals surface area contributed by atoms with E-state index in [1.807, 2.05) is 42.5 Å². The molecule has 0 saturated heterocycles. The molecule has 2 aromatic rings. The van der Waals surface area contributed by atoms with Crippen LogP contribution < -0.4 is 10.1 Å². The monoisotopic (exact) mass is 292 g/mol. The third kappa shape index (κ3) is 2.11. The Bertz CT molecular complexity index is 660. The van der Waals surface area contributed by atoms with Crippen LogP contribution in [-0.4, -0.2) is 7.11 Å². The Labute approximate surface area is 119 Å². The van der Waals surface area contributed by atoms with Crippen molar-refractivity contribution in [2.75, 3.05) is 12.4 Å². The number of methoxy groups -OCH3 is 1. The summed E-state index contributed by atoms with van der Waals surface area (Å²) in [6.45, 7) is 0. The molecule has 0 bridgehead atoms. The van der Waals surface area contributed by atoms with Gasteiger partial charge in [0.1, 0.15) is 11.1 Å². The van der Waals surface area contributed by atoms with E-state index in [0.717, 1.165) is 21.9 Å². The zero-order valence-corrected chi connectivity index (χ0v) is 11.9. The van der Waals surface area contributed by atoms with Crippen LogP contribution in [-0.2, 0) is 10.7 Å². The number of hydrogen-bond acceptors (Lipinski definition) is 3. The summed E-state index contributed by atoms with van der Waals surface area (Å²) in [6, 6.07) is 13.5. The molecule has 2 aromatic carbocycles. The standard InChI is InChI=1S/C14H13ClN2OS/c1-18-9-6-7-12-13(8-9)19(16)14(17-12)10-4-2-3-5-11(10)15/h2-8,14,16-17H,1H3. The minimum absolute atomic E-state index is 0.0872. The van der Waals surface area contributed by atoms with Crippen LogP contribution in [0, 0.1) is 4.78 Å². The zero-order chi connectivity index (χ0) is 13.4. The van der Waals surface area contributed by atoms with Gasteiger partial charge in [-0.1, -0.05) is 29.8 Å². The molecule has 1 heterocycles.